The molecular formula is C91H140F3N13O20S3. The van der Waals surface area contributed by atoms with Crippen LogP contribution in [-0.4, -0.2) is 238 Å². The average Bonchev–Trinajstić information content (AvgIpc) is 1.68. The number of ether oxygens (including phenoxy) is 5. The maximum absolute atomic E-state index is 13.0. The van der Waals surface area contributed by atoms with Crippen molar-refractivity contribution in [2.75, 3.05) is 57.7 Å². The number of hydrogen-bond donors (Lipinski definition) is 12. The normalized spacial score (nSPS) is 19.2. The molecule has 9 unspecified atom stereocenters. The molecule has 8 rings (SSSR count). The molecule has 39 heteroatoms. The summed E-state index contributed by atoms with van der Waals surface area (Å²) >= 11 is 5.62. The lowest BCUT2D eigenvalue weighted by molar-refractivity contribution is -0.192. The number of carbonyl (C=O) groups is 13. The van der Waals surface area contributed by atoms with Crippen LogP contribution in [0.3, 0.4) is 0 Å². The molecule has 0 saturated carbocycles. The minimum atomic E-state index is -5.08. The predicted octanol–water partition coefficient (Wildman–Crippen LogP) is 12.2. The maximum atomic E-state index is 13.0. The van der Waals surface area contributed by atoms with Gasteiger partial charge in [-0.1, -0.05) is 57.1 Å². The molecule has 6 aliphatic rings. The Hall–Kier alpha value is -9.08. The van der Waals surface area contributed by atoms with Crippen molar-refractivity contribution >= 4 is 130 Å². The molecule has 6 aliphatic heterocycles. The Balaban J connectivity index is 0.000000415. The highest BCUT2D eigenvalue weighted by atomic mass is 32.2. The number of ketones is 4. The summed E-state index contributed by atoms with van der Waals surface area (Å²) in [5.74, 6) is 0.0370. The van der Waals surface area contributed by atoms with E-state index in [0.717, 1.165) is 144 Å². The van der Waals surface area contributed by atoms with Crippen molar-refractivity contribution in [3.05, 3.63) is 69.8 Å². The van der Waals surface area contributed by atoms with E-state index < -0.39 is 65.1 Å². The molecule has 2 aromatic rings. The van der Waals surface area contributed by atoms with Gasteiger partial charge in [0.05, 0.1) is 61.6 Å². The third kappa shape index (κ3) is 45.8. The molecule has 0 radical (unpaired) electrons. The number of carboxylic acids is 2. The molecule has 0 spiro atoms. The fourth-order valence-corrected chi connectivity index (χ4v) is 19.5. The van der Waals surface area contributed by atoms with Crippen molar-refractivity contribution in [1.82, 2.24) is 42.5 Å². The average molecular weight is 1890 g/mol. The monoisotopic (exact) mass is 1890 g/mol. The van der Waals surface area contributed by atoms with Crippen molar-refractivity contribution in [1.29, 1.82) is 0 Å². The first-order valence-electron chi connectivity index (χ1n) is 45.2. The number of hydrogen-bond acceptors (Lipinski definition) is 29. The van der Waals surface area contributed by atoms with Crippen LogP contribution in [0.1, 0.15) is 285 Å². The van der Waals surface area contributed by atoms with Crippen molar-refractivity contribution < 1.29 is 109 Å². The summed E-state index contributed by atoms with van der Waals surface area (Å²) in [4.78, 5) is 169. The van der Waals surface area contributed by atoms with Crippen LogP contribution in [0, 0.1) is 0 Å². The largest absolute Gasteiger partial charge is 0.490 e. The Kier molecular flexibility index (Phi) is 49.2. The molecule has 3 fully saturated rings. The number of thioether (sulfide) groups is 3. The molecular weight excluding hydrogens is 1750 g/mol. The maximum Gasteiger partial charge on any atom is 0.490 e. The van der Waals surface area contributed by atoms with Crippen LogP contribution in [0.4, 0.5) is 27.6 Å². The zero-order valence-electron chi connectivity index (χ0n) is 77.3. The highest BCUT2D eigenvalue weighted by Gasteiger charge is 2.45. The van der Waals surface area contributed by atoms with Gasteiger partial charge in [-0.15, -0.1) is 0 Å². The zero-order chi connectivity index (χ0) is 96.2. The number of alkyl carbamates (subject to hydrolysis) is 3. The number of nitrogens with two attached hydrogens (primary N) is 2. The molecule has 3 saturated heterocycles. The second kappa shape index (κ2) is 57.4. The SMILES string of the molecule is CC(C)(C)OC(=O)NC1=NC2C(CSC2CCCCC(=O)O)N1.COC(=O)c1cc(CC(=O)CCCCCN)cc(CC(=O)CCCCCN)c1.COC(=O)c1cc(CC(=O)CCCCCNC(=O)CCCCC2SCC3NC(NC(=O)OC(C)(C)C)=NC32)cc(CC(=O)CCCCCNC(=O)CCCCC2SCC3NC(NC(=O)OC(C)(C)C)=NC32)c1.O=C(O)C(F)(F)F. The van der Waals surface area contributed by atoms with Crippen LogP contribution in [0.25, 0.3) is 0 Å². The molecule has 0 aromatic heterocycles. The van der Waals surface area contributed by atoms with Crippen LogP contribution in [-0.2, 0) is 87.7 Å². The van der Waals surface area contributed by atoms with Gasteiger partial charge in [0.25, 0.3) is 0 Å². The number of guanidine groups is 3. The molecule has 0 aliphatic carbocycles. The van der Waals surface area contributed by atoms with E-state index in [1.165, 1.54) is 14.2 Å². The van der Waals surface area contributed by atoms with Crippen LogP contribution >= 0.6 is 35.3 Å². The van der Waals surface area contributed by atoms with E-state index >= 15 is 0 Å². The number of carbonyl (C=O) groups excluding carboxylic acids is 11. The first kappa shape index (κ1) is 111. The van der Waals surface area contributed by atoms with Crippen LogP contribution in [0.5, 0.6) is 0 Å². The fraction of sp³-hybridized carbons (Fsp3) is 0.692. The van der Waals surface area contributed by atoms with E-state index in [4.69, 9.17) is 60.1 Å². The lowest BCUT2D eigenvalue weighted by atomic mass is 9.96. The van der Waals surface area contributed by atoms with Gasteiger partial charge in [-0.3, -0.25) is 49.5 Å². The third-order valence-corrected chi connectivity index (χ3v) is 25.4. The highest BCUT2D eigenvalue weighted by molar-refractivity contribution is 8.00. The van der Waals surface area contributed by atoms with Gasteiger partial charge < -0.3 is 71.9 Å². The Morgan fingerprint density at radius 2 is 0.669 bits per heavy atom. The number of unbranched alkanes of at least 4 members (excludes halogenated alkanes) is 11. The number of esters is 2. The number of nitrogens with one attached hydrogen (secondary N) is 8. The topological polar surface area (TPSA) is 494 Å². The summed E-state index contributed by atoms with van der Waals surface area (Å²) in [6, 6.07) is 11.2. The number of amides is 5. The van der Waals surface area contributed by atoms with Gasteiger partial charge in [0.1, 0.15) is 39.9 Å². The number of Topliss-reactive ketones (excluding diaryl/α,β-unsaturated/α-hetero) is 4. The van der Waals surface area contributed by atoms with E-state index in [0.29, 0.717) is 140 Å². The molecule has 5 amide bonds. The molecule has 130 heavy (non-hydrogen) atoms. The minimum absolute atomic E-state index is 0.0238. The van der Waals surface area contributed by atoms with Gasteiger partial charge in [0, 0.05) is 117 Å². The van der Waals surface area contributed by atoms with Gasteiger partial charge in [-0.05, 0) is 212 Å². The van der Waals surface area contributed by atoms with Crippen molar-refractivity contribution in [3.63, 3.8) is 0 Å². The molecule has 0 bridgehead atoms. The first-order chi connectivity index (χ1) is 61.4. The zero-order valence-corrected chi connectivity index (χ0v) is 79.8. The number of aliphatic imine (C=N–C) groups is 3. The molecule has 33 nitrogen and oxygen atoms in total. The van der Waals surface area contributed by atoms with Gasteiger partial charge in [-0.2, -0.15) is 48.5 Å². The van der Waals surface area contributed by atoms with E-state index in [1.54, 1.807) is 24.3 Å². The second-order valence-electron chi connectivity index (χ2n) is 36.0. The van der Waals surface area contributed by atoms with Crippen molar-refractivity contribution in [3.8, 4) is 0 Å². The van der Waals surface area contributed by atoms with Crippen LogP contribution < -0.4 is 54.0 Å². The van der Waals surface area contributed by atoms with Gasteiger partial charge in [0.15, 0.2) is 0 Å². The number of benzene rings is 2. The minimum Gasteiger partial charge on any atom is -0.481 e. The van der Waals surface area contributed by atoms with Crippen LogP contribution in [0.15, 0.2) is 51.4 Å². The predicted molar refractivity (Wildman–Crippen MR) is 496 cm³/mol. The lowest BCUT2D eigenvalue weighted by Crippen LogP contribution is -2.44. The molecule has 2 aromatic carbocycles. The van der Waals surface area contributed by atoms with E-state index in [9.17, 15) is 70.7 Å². The number of rotatable bonds is 47. The van der Waals surface area contributed by atoms with E-state index in [1.807, 2.05) is 110 Å². The Morgan fingerprint density at radius 1 is 0.400 bits per heavy atom. The summed E-state index contributed by atoms with van der Waals surface area (Å²) in [7, 11) is 2.62. The molecule has 14 N–H and O–H groups in total. The molecule has 9 atom stereocenters. The summed E-state index contributed by atoms with van der Waals surface area (Å²) in [6.45, 7) is 18.7. The first-order valence-corrected chi connectivity index (χ1v) is 48.4. The van der Waals surface area contributed by atoms with Crippen LogP contribution in [0.2, 0.25) is 0 Å². The quantitative estimate of drug-likeness (QED) is 0.0166. The summed E-state index contributed by atoms with van der Waals surface area (Å²) in [5, 5.41) is 40.7. The number of nitrogens with zero attached hydrogens (tertiary/aromatic N) is 3. The summed E-state index contributed by atoms with van der Waals surface area (Å²) in [6.07, 6.45) is 14.7. The number of methoxy groups -OCH3 is 2. The van der Waals surface area contributed by atoms with Crippen molar-refractivity contribution in [2.24, 2.45) is 26.4 Å². The van der Waals surface area contributed by atoms with E-state index in [2.05, 4.69) is 47.5 Å². The molecule has 728 valence electrons. The lowest BCUT2D eigenvalue weighted by Gasteiger charge is -2.19. The number of alkyl halides is 3. The Labute approximate surface area is 774 Å². The number of halogens is 3. The Morgan fingerprint density at radius 3 is 0.923 bits per heavy atom. The standard InChI is InChI=1S/C52H80N8O10S2.C22H34N2O4.C15H25N3O4S.C2HF3O2/c1-51(2,3)69-49(66)59-47-55-38-31-71-40(44(38)57-47)20-12-14-22-42(63)53-24-16-8-10-18-36(61)29-33-26-34(28-35(27-33)46(65)68-7)30-37(62)19-11-9-17-25-54-43(64)23-15-13-21-41-45-39(32-72-41)56-48(58-45)60-50(67)70-52(4,5)6;1-28-22(27)19-13-17(15-20(25)8-4-2-6-10-23)12-18(14-19)16-21(26)9-5-3-7-11-24;1-15(2,3)22-14(21)18-13-16-9-8-23-10(12(9)17-13)6-4-5-7-11(19)20;3-2(4,5)1(6)7/h26-28,38-41,44-45H,8-25,29-32H2,1-7H3,(H,53,63)(H,54,64)(H2,55,57,59,66)(H2,56,58,60,67);12-14H,2-11,15-16,23-24H2,1H3;9-10,12H,4-8H2,1-3H3,(H,19,20)(H2,16,17,18,21);(H,6,7). The highest BCUT2D eigenvalue weighted by Crippen LogP contribution is 2.38. The summed E-state index contributed by atoms with van der Waals surface area (Å²) < 4.78 is 57.4. The fourth-order valence-electron chi connectivity index (χ4n) is 14.9. The molecule has 6 heterocycles. The van der Waals surface area contributed by atoms with Gasteiger partial charge >= 0.3 is 48.3 Å². The van der Waals surface area contributed by atoms with Gasteiger partial charge in [-0.25, -0.2) is 43.7 Å². The number of aliphatic carboxylic acids is 2. The van der Waals surface area contributed by atoms with E-state index in [-0.39, 0.29) is 103 Å². The number of fused-ring (bicyclic) bond motifs is 3. The summed E-state index contributed by atoms with van der Waals surface area (Å²) in [5.41, 5.74) is 12.7. The van der Waals surface area contributed by atoms with Crippen molar-refractivity contribution in [2.45, 2.75) is 343 Å². The smallest absolute Gasteiger partial charge is 0.481 e. The second-order valence-corrected chi connectivity index (χ2v) is 39.8. The van der Waals surface area contributed by atoms with Gasteiger partial charge in [0.2, 0.25) is 29.7 Å². The third-order valence-electron chi connectivity index (χ3n) is 20.9. The number of carboxylic acid groups (broad SMARTS) is 2. The Bertz CT molecular complexity index is 3980.